The van der Waals surface area contributed by atoms with Crippen LogP contribution in [0.25, 0.3) is 0 Å². The lowest BCUT2D eigenvalue weighted by Crippen LogP contribution is -2.46. The Morgan fingerprint density at radius 3 is 2.57 bits per heavy atom. The zero-order valence-corrected chi connectivity index (χ0v) is 17.9. The number of hydrogen-bond donors (Lipinski definition) is 3. The molecule has 3 rings (SSSR count). The first-order chi connectivity index (χ1) is 13.9. The van der Waals surface area contributed by atoms with E-state index in [2.05, 4.69) is 10.6 Å². The largest absolute Gasteiger partial charge is 0.346 e. The molecular weight excluding hydrogens is 404 g/mol. The summed E-state index contributed by atoms with van der Waals surface area (Å²) in [5, 5.41) is 5.23. The molecule has 0 radical (unpaired) electrons. The normalized spacial score (nSPS) is 13.3. The molecule has 3 amide bonds. The maximum atomic E-state index is 12.9. The summed E-state index contributed by atoms with van der Waals surface area (Å²) >= 11 is 0. The molecule has 1 aliphatic heterocycles. The van der Waals surface area contributed by atoms with Gasteiger partial charge >= 0.3 is 0 Å². The third-order valence-corrected chi connectivity index (χ3v) is 4.97. The number of nitrogens with one attached hydrogen (secondary N) is 2. The van der Waals surface area contributed by atoms with Crippen molar-refractivity contribution in [2.45, 2.75) is 26.3 Å². The van der Waals surface area contributed by atoms with Crippen molar-refractivity contribution in [2.75, 3.05) is 23.3 Å². The number of halogens is 1. The highest BCUT2D eigenvalue weighted by Crippen LogP contribution is 2.29. The molecule has 0 aromatic heterocycles. The van der Waals surface area contributed by atoms with Gasteiger partial charge in [0.2, 0.25) is 11.8 Å². The minimum Gasteiger partial charge on any atom is -0.346 e. The number of hydrogen-bond acceptors (Lipinski definition) is 4. The first kappa shape index (κ1) is 23.4. The first-order valence-corrected chi connectivity index (χ1v) is 9.70. The molecule has 2 aromatic carbocycles. The standard InChI is InChI=1S/C22H26N4O3.ClH/c1-14(2)20(23)21(28)24-13-19(27)25-17-8-5-7-16(12-17)22(29)26-11-10-15-6-3-4-9-18(15)26;/h3-9,12,14,20H,10-11,13,23H2,1-2H3,(H,24,28)(H,25,27);1H/t20-;/m0./s1. The maximum absolute atomic E-state index is 12.9. The monoisotopic (exact) mass is 430 g/mol. The van der Waals surface area contributed by atoms with Gasteiger partial charge in [-0.15, -0.1) is 12.4 Å². The molecule has 2 aromatic rings. The SMILES string of the molecule is CC(C)[C@H](N)C(=O)NCC(=O)Nc1cccc(C(=O)N2CCc3ccccc32)c1.Cl. The van der Waals surface area contributed by atoms with Crippen molar-refractivity contribution in [1.29, 1.82) is 0 Å². The van der Waals surface area contributed by atoms with Crippen LogP contribution >= 0.6 is 12.4 Å². The van der Waals surface area contributed by atoms with Crippen LogP contribution in [0.5, 0.6) is 0 Å². The molecule has 160 valence electrons. The Kier molecular flexibility index (Phi) is 7.97. The second-order valence-electron chi connectivity index (χ2n) is 7.45. The van der Waals surface area contributed by atoms with Crippen molar-refractivity contribution >= 4 is 41.5 Å². The summed E-state index contributed by atoms with van der Waals surface area (Å²) in [7, 11) is 0. The van der Waals surface area contributed by atoms with E-state index >= 15 is 0 Å². The number of anilines is 2. The number of nitrogens with zero attached hydrogens (tertiary/aromatic N) is 1. The minimum atomic E-state index is -0.660. The predicted octanol–water partition coefficient (Wildman–Crippen LogP) is 2.35. The zero-order valence-electron chi connectivity index (χ0n) is 17.1. The molecule has 0 bridgehead atoms. The second kappa shape index (κ2) is 10.2. The summed E-state index contributed by atoms with van der Waals surface area (Å²) in [5.41, 5.74) is 8.83. The van der Waals surface area contributed by atoms with Crippen LogP contribution in [-0.2, 0) is 16.0 Å². The molecule has 1 heterocycles. The van der Waals surface area contributed by atoms with Crippen LogP contribution in [0.3, 0.4) is 0 Å². The summed E-state index contributed by atoms with van der Waals surface area (Å²) in [6, 6.07) is 14.0. The Bertz CT molecular complexity index is 932. The Labute approximate surface area is 182 Å². The fourth-order valence-electron chi connectivity index (χ4n) is 3.23. The zero-order chi connectivity index (χ0) is 21.0. The fourth-order valence-corrected chi connectivity index (χ4v) is 3.23. The Morgan fingerprint density at radius 2 is 1.83 bits per heavy atom. The number of carbonyl (C=O) groups is 3. The quantitative estimate of drug-likeness (QED) is 0.654. The lowest BCUT2D eigenvalue weighted by molar-refractivity contribution is -0.125. The number of carbonyl (C=O) groups excluding carboxylic acids is 3. The van der Waals surface area contributed by atoms with E-state index in [4.69, 9.17) is 5.73 Å². The smallest absolute Gasteiger partial charge is 0.258 e. The minimum absolute atomic E-state index is 0. The average molecular weight is 431 g/mol. The number of fused-ring (bicyclic) bond motifs is 1. The molecule has 0 saturated carbocycles. The average Bonchev–Trinajstić information content (AvgIpc) is 3.15. The summed E-state index contributed by atoms with van der Waals surface area (Å²) in [5.74, 6) is -0.879. The van der Waals surface area contributed by atoms with Crippen LogP contribution in [0, 0.1) is 5.92 Å². The van der Waals surface area contributed by atoms with E-state index < -0.39 is 6.04 Å². The van der Waals surface area contributed by atoms with E-state index in [0.717, 1.165) is 17.7 Å². The number of nitrogens with two attached hydrogens (primary N) is 1. The highest BCUT2D eigenvalue weighted by Gasteiger charge is 2.25. The lowest BCUT2D eigenvalue weighted by Gasteiger charge is -2.18. The highest BCUT2D eigenvalue weighted by atomic mass is 35.5. The van der Waals surface area contributed by atoms with Gasteiger partial charge in [-0.2, -0.15) is 0 Å². The van der Waals surface area contributed by atoms with E-state index in [1.807, 2.05) is 38.1 Å². The van der Waals surface area contributed by atoms with Crippen molar-refractivity contribution in [3.05, 3.63) is 59.7 Å². The fraction of sp³-hybridized carbons (Fsp3) is 0.318. The van der Waals surface area contributed by atoms with E-state index in [-0.39, 0.29) is 42.6 Å². The summed E-state index contributed by atoms with van der Waals surface area (Å²) < 4.78 is 0. The maximum Gasteiger partial charge on any atom is 0.258 e. The van der Waals surface area contributed by atoms with Crippen LogP contribution in [0.15, 0.2) is 48.5 Å². The third-order valence-electron chi connectivity index (χ3n) is 4.97. The molecule has 1 atom stereocenters. The molecule has 0 fully saturated rings. The molecule has 4 N–H and O–H groups in total. The lowest BCUT2D eigenvalue weighted by atomic mass is 10.1. The third kappa shape index (κ3) is 5.37. The van der Waals surface area contributed by atoms with Gasteiger partial charge in [0.25, 0.3) is 5.91 Å². The van der Waals surface area contributed by atoms with Gasteiger partial charge in [0.05, 0.1) is 12.6 Å². The van der Waals surface area contributed by atoms with Gasteiger partial charge in [-0.25, -0.2) is 0 Å². The number of rotatable bonds is 6. The second-order valence-corrected chi connectivity index (χ2v) is 7.45. The molecule has 30 heavy (non-hydrogen) atoms. The highest BCUT2D eigenvalue weighted by molar-refractivity contribution is 6.08. The van der Waals surface area contributed by atoms with Gasteiger partial charge in [0, 0.05) is 23.5 Å². The molecule has 0 unspecified atom stereocenters. The van der Waals surface area contributed by atoms with Crippen LogP contribution in [0.1, 0.15) is 29.8 Å². The Morgan fingerprint density at radius 1 is 1.10 bits per heavy atom. The molecule has 7 nitrogen and oxygen atoms in total. The molecular formula is C22H27ClN4O3. The molecule has 0 spiro atoms. The number of benzene rings is 2. The van der Waals surface area contributed by atoms with Gasteiger partial charge in [-0.05, 0) is 42.2 Å². The van der Waals surface area contributed by atoms with Crippen molar-refractivity contribution < 1.29 is 14.4 Å². The molecule has 1 aliphatic rings. The van der Waals surface area contributed by atoms with E-state index in [0.29, 0.717) is 17.8 Å². The summed E-state index contributed by atoms with van der Waals surface area (Å²) in [4.78, 5) is 38.7. The van der Waals surface area contributed by atoms with E-state index in [9.17, 15) is 14.4 Å². The predicted molar refractivity (Wildman–Crippen MR) is 120 cm³/mol. The van der Waals surface area contributed by atoms with Crippen molar-refractivity contribution in [2.24, 2.45) is 11.7 Å². The molecule has 0 aliphatic carbocycles. The van der Waals surface area contributed by atoms with Crippen LogP contribution in [-0.4, -0.2) is 36.9 Å². The van der Waals surface area contributed by atoms with Gasteiger partial charge in [0.1, 0.15) is 0 Å². The van der Waals surface area contributed by atoms with Crippen molar-refractivity contribution in [3.63, 3.8) is 0 Å². The summed E-state index contributed by atoms with van der Waals surface area (Å²) in [6.45, 7) is 4.13. The van der Waals surface area contributed by atoms with Crippen molar-refractivity contribution in [1.82, 2.24) is 5.32 Å². The van der Waals surface area contributed by atoms with Crippen molar-refractivity contribution in [3.8, 4) is 0 Å². The van der Waals surface area contributed by atoms with Gasteiger partial charge < -0.3 is 21.3 Å². The van der Waals surface area contributed by atoms with Crippen LogP contribution < -0.4 is 21.3 Å². The van der Waals surface area contributed by atoms with Crippen LogP contribution in [0.2, 0.25) is 0 Å². The molecule has 0 saturated heterocycles. The topological polar surface area (TPSA) is 105 Å². The number of para-hydroxylation sites is 1. The number of amides is 3. The summed E-state index contributed by atoms with van der Waals surface area (Å²) in [6.07, 6.45) is 0.830. The van der Waals surface area contributed by atoms with E-state index in [1.165, 1.54) is 0 Å². The van der Waals surface area contributed by atoms with Gasteiger partial charge in [-0.1, -0.05) is 38.1 Å². The van der Waals surface area contributed by atoms with E-state index in [1.54, 1.807) is 29.2 Å². The Balaban J connectivity index is 0.00000320. The Hall–Kier alpha value is -2.90. The van der Waals surface area contributed by atoms with Gasteiger partial charge in [0.15, 0.2) is 0 Å². The van der Waals surface area contributed by atoms with Gasteiger partial charge in [-0.3, -0.25) is 14.4 Å². The van der Waals surface area contributed by atoms with Crippen LogP contribution in [0.4, 0.5) is 11.4 Å². The first-order valence-electron chi connectivity index (χ1n) is 9.70. The molecule has 8 heteroatoms.